The SMILES string of the molecule is COc1ccccc1CN(CC(C)C)c1cc(C2CCOC2)ncn1. The average Bonchev–Trinajstić information content (AvgIpc) is 3.16. The highest BCUT2D eigenvalue weighted by Crippen LogP contribution is 2.27. The normalized spacial score (nSPS) is 17.0. The lowest BCUT2D eigenvalue weighted by atomic mass is 10.0. The Balaban J connectivity index is 1.86. The summed E-state index contributed by atoms with van der Waals surface area (Å²) in [5, 5.41) is 0. The van der Waals surface area contributed by atoms with Crippen LogP contribution in [-0.2, 0) is 11.3 Å². The minimum Gasteiger partial charge on any atom is -0.496 e. The molecular weight excluding hydrogens is 314 g/mol. The minimum atomic E-state index is 0.383. The fraction of sp³-hybridized carbons (Fsp3) is 0.500. The van der Waals surface area contributed by atoms with Crippen molar-refractivity contribution >= 4 is 5.82 Å². The summed E-state index contributed by atoms with van der Waals surface area (Å²) in [5.41, 5.74) is 2.24. The van der Waals surface area contributed by atoms with Gasteiger partial charge in [-0.2, -0.15) is 0 Å². The van der Waals surface area contributed by atoms with Crippen LogP contribution in [0.15, 0.2) is 36.7 Å². The number of rotatable bonds is 7. The number of anilines is 1. The Morgan fingerprint density at radius 3 is 2.84 bits per heavy atom. The van der Waals surface area contributed by atoms with Gasteiger partial charge in [-0.1, -0.05) is 32.0 Å². The molecule has 1 unspecified atom stereocenters. The van der Waals surface area contributed by atoms with Crippen molar-refractivity contribution in [3.05, 3.63) is 47.9 Å². The van der Waals surface area contributed by atoms with Crippen molar-refractivity contribution in [2.45, 2.75) is 32.7 Å². The van der Waals surface area contributed by atoms with Crippen molar-refractivity contribution in [1.29, 1.82) is 0 Å². The van der Waals surface area contributed by atoms with Gasteiger partial charge in [-0.25, -0.2) is 9.97 Å². The van der Waals surface area contributed by atoms with Crippen molar-refractivity contribution in [2.75, 3.05) is 31.8 Å². The second-order valence-electron chi connectivity index (χ2n) is 6.95. The Labute approximate surface area is 150 Å². The summed E-state index contributed by atoms with van der Waals surface area (Å²) in [6.07, 6.45) is 2.71. The zero-order chi connectivity index (χ0) is 17.6. The monoisotopic (exact) mass is 341 g/mol. The van der Waals surface area contributed by atoms with Gasteiger partial charge in [0.15, 0.2) is 0 Å². The van der Waals surface area contributed by atoms with Crippen LogP contribution in [-0.4, -0.2) is 36.8 Å². The second-order valence-corrected chi connectivity index (χ2v) is 6.95. The van der Waals surface area contributed by atoms with Crippen LogP contribution in [0.25, 0.3) is 0 Å². The molecule has 5 nitrogen and oxygen atoms in total. The van der Waals surface area contributed by atoms with E-state index in [2.05, 4.69) is 40.8 Å². The van der Waals surface area contributed by atoms with E-state index in [9.17, 15) is 0 Å². The molecule has 1 aromatic heterocycles. The standard InChI is InChI=1S/C20H27N3O2/c1-15(2)11-23(12-16-6-4-5-7-19(16)24-3)20-10-18(21-14-22-20)17-8-9-25-13-17/h4-7,10,14-15,17H,8-9,11-13H2,1-3H3. The van der Waals surface area contributed by atoms with E-state index in [0.717, 1.165) is 55.5 Å². The zero-order valence-electron chi connectivity index (χ0n) is 15.3. The minimum absolute atomic E-state index is 0.383. The van der Waals surface area contributed by atoms with Gasteiger partial charge in [-0.15, -0.1) is 0 Å². The fourth-order valence-electron chi connectivity index (χ4n) is 3.24. The molecule has 0 radical (unpaired) electrons. The Morgan fingerprint density at radius 2 is 2.12 bits per heavy atom. The molecule has 1 aliphatic rings. The Hall–Kier alpha value is -2.14. The number of benzene rings is 1. The van der Waals surface area contributed by atoms with Gasteiger partial charge in [0.05, 0.1) is 19.4 Å². The van der Waals surface area contributed by atoms with Crippen molar-refractivity contribution < 1.29 is 9.47 Å². The van der Waals surface area contributed by atoms with Crippen LogP contribution in [0.4, 0.5) is 5.82 Å². The molecule has 2 aromatic rings. The molecule has 0 N–H and O–H groups in total. The number of nitrogens with zero attached hydrogens (tertiary/aromatic N) is 3. The molecule has 0 amide bonds. The van der Waals surface area contributed by atoms with E-state index in [1.54, 1.807) is 13.4 Å². The Morgan fingerprint density at radius 1 is 1.28 bits per heavy atom. The van der Waals surface area contributed by atoms with Crippen LogP contribution < -0.4 is 9.64 Å². The molecular formula is C20H27N3O2. The predicted octanol–water partition coefficient (Wildman–Crippen LogP) is 3.65. The third kappa shape index (κ3) is 4.48. The van der Waals surface area contributed by atoms with E-state index in [4.69, 9.17) is 9.47 Å². The molecule has 1 aliphatic heterocycles. The van der Waals surface area contributed by atoms with E-state index < -0.39 is 0 Å². The van der Waals surface area contributed by atoms with Crippen molar-refractivity contribution in [2.24, 2.45) is 5.92 Å². The lowest BCUT2D eigenvalue weighted by Crippen LogP contribution is -2.28. The molecule has 2 heterocycles. The van der Waals surface area contributed by atoms with Crippen LogP contribution in [0, 0.1) is 5.92 Å². The zero-order valence-corrected chi connectivity index (χ0v) is 15.3. The molecule has 5 heteroatoms. The first-order chi connectivity index (χ1) is 12.2. The van der Waals surface area contributed by atoms with Crippen LogP contribution >= 0.6 is 0 Å². The number of ether oxygens (including phenoxy) is 2. The molecule has 1 fully saturated rings. The smallest absolute Gasteiger partial charge is 0.132 e. The highest BCUT2D eigenvalue weighted by molar-refractivity contribution is 5.43. The van der Waals surface area contributed by atoms with Gasteiger partial charge in [0, 0.05) is 37.2 Å². The van der Waals surface area contributed by atoms with E-state index in [0.29, 0.717) is 11.8 Å². The summed E-state index contributed by atoms with van der Waals surface area (Å²) in [7, 11) is 1.72. The number of aromatic nitrogens is 2. The number of hydrogen-bond acceptors (Lipinski definition) is 5. The average molecular weight is 341 g/mol. The van der Waals surface area contributed by atoms with Gasteiger partial charge in [-0.05, 0) is 18.4 Å². The Kier molecular flexibility index (Phi) is 5.87. The van der Waals surface area contributed by atoms with E-state index in [1.807, 2.05) is 18.2 Å². The Bertz CT molecular complexity index is 684. The maximum atomic E-state index is 5.52. The molecule has 25 heavy (non-hydrogen) atoms. The molecule has 1 atom stereocenters. The van der Waals surface area contributed by atoms with Gasteiger partial charge in [0.1, 0.15) is 17.9 Å². The van der Waals surface area contributed by atoms with Crippen molar-refractivity contribution in [1.82, 2.24) is 9.97 Å². The second kappa shape index (κ2) is 8.30. The summed E-state index contributed by atoms with van der Waals surface area (Å²) in [6.45, 7) is 7.72. The number of methoxy groups -OCH3 is 1. The summed E-state index contributed by atoms with van der Waals surface area (Å²) < 4.78 is 11.0. The number of hydrogen-bond donors (Lipinski definition) is 0. The van der Waals surface area contributed by atoms with Gasteiger partial charge in [0.2, 0.25) is 0 Å². The fourth-order valence-corrected chi connectivity index (χ4v) is 3.24. The third-order valence-corrected chi connectivity index (χ3v) is 4.49. The molecule has 3 rings (SSSR count). The lowest BCUT2D eigenvalue weighted by molar-refractivity contribution is 0.193. The number of para-hydroxylation sites is 1. The van der Waals surface area contributed by atoms with Crippen LogP contribution in [0.2, 0.25) is 0 Å². The topological polar surface area (TPSA) is 47.5 Å². The van der Waals surface area contributed by atoms with E-state index in [1.165, 1.54) is 0 Å². The molecule has 0 saturated carbocycles. The predicted molar refractivity (Wildman–Crippen MR) is 99.1 cm³/mol. The summed E-state index contributed by atoms with van der Waals surface area (Å²) in [6, 6.07) is 10.3. The van der Waals surface area contributed by atoms with Crippen molar-refractivity contribution in [3.8, 4) is 5.75 Å². The summed E-state index contributed by atoms with van der Waals surface area (Å²) >= 11 is 0. The third-order valence-electron chi connectivity index (χ3n) is 4.49. The molecule has 1 saturated heterocycles. The molecule has 134 valence electrons. The van der Waals surface area contributed by atoms with Gasteiger partial charge in [-0.3, -0.25) is 0 Å². The largest absolute Gasteiger partial charge is 0.496 e. The highest BCUT2D eigenvalue weighted by atomic mass is 16.5. The first-order valence-electron chi connectivity index (χ1n) is 8.94. The summed E-state index contributed by atoms with van der Waals surface area (Å²) in [4.78, 5) is 11.3. The molecule has 0 aliphatic carbocycles. The first-order valence-corrected chi connectivity index (χ1v) is 8.94. The first kappa shape index (κ1) is 17.7. The summed E-state index contributed by atoms with van der Waals surface area (Å²) in [5.74, 6) is 2.79. The molecule has 0 spiro atoms. The van der Waals surface area contributed by atoms with Crippen LogP contribution in [0.1, 0.15) is 37.4 Å². The quantitative estimate of drug-likeness (QED) is 0.769. The van der Waals surface area contributed by atoms with E-state index in [-0.39, 0.29) is 0 Å². The molecule has 0 bridgehead atoms. The highest BCUT2D eigenvalue weighted by Gasteiger charge is 2.21. The van der Waals surface area contributed by atoms with Crippen molar-refractivity contribution in [3.63, 3.8) is 0 Å². The van der Waals surface area contributed by atoms with Crippen LogP contribution in [0.3, 0.4) is 0 Å². The van der Waals surface area contributed by atoms with Crippen LogP contribution in [0.5, 0.6) is 5.75 Å². The lowest BCUT2D eigenvalue weighted by Gasteiger charge is -2.27. The molecule has 1 aromatic carbocycles. The maximum Gasteiger partial charge on any atom is 0.132 e. The van der Waals surface area contributed by atoms with E-state index >= 15 is 0 Å². The van der Waals surface area contributed by atoms with Gasteiger partial charge < -0.3 is 14.4 Å². The van der Waals surface area contributed by atoms with Gasteiger partial charge in [0.25, 0.3) is 0 Å². The maximum absolute atomic E-state index is 5.52. The van der Waals surface area contributed by atoms with Gasteiger partial charge >= 0.3 is 0 Å².